The zero-order valence-corrected chi connectivity index (χ0v) is 7.45. The molecule has 0 saturated heterocycles. The van der Waals surface area contributed by atoms with Crippen molar-refractivity contribution in [2.45, 2.75) is 25.7 Å². The zero-order chi connectivity index (χ0) is 8.97. The maximum atomic E-state index is 10.8. The second kappa shape index (κ2) is 4.45. The first-order valence-electron chi connectivity index (χ1n) is 4.47. The third-order valence-electron chi connectivity index (χ3n) is 2.61. The summed E-state index contributed by atoms with van der Waals surface area (Å²) in [4.78, 5) is 10.8. The number of aliphatic carboxylic acids is 1. The molecule has 0 aliphatic heterocycles. The van der Waals surface area contributed by atoms with Crippen LogP contribution in [-0.4, -0.2) is 24.8 Å². The lowest BCUT2D eigenvalue weighted by molar-refractivity contribution is -0.145. The number of hydrogen-bond acceptors (Lipinski definition) is 2. The van der Waals surface area contributed by atoms with Gasteiger partial charge in [0.15, 0.2) is 0 Å². The first-order valence-corrected chi connectivity index (χ1v) is 4.47. The van der Waals surface area contributed by atoms with Crippen LogP contribution in [0.4, 0.5) is 0 Å². The molecule has 0 unspecified atom stereocenters. The molecule has 3 heteroatoms. The van der Waals surface area contributed by atoms with Crippen molar-refractivity contribution in [3.63, 3.8) is 0 Å². The molecule has 1 saturated carbocycles. The standard InChI is InChI=1S/C9H16O3/c1-12-6-7-4-2-3-5-8(7)9(10)11/h7-8H,2-6H2,1H3,(H,10,11)/t7-,8-/m1/s1. The van der Waals surface area contributed by atoms with Gasteiger partial charge in [-0.3, -0.25) is 4.79 Å². The molecule has 0 aromatic carbocycles. The van der Waals surface area contributed by atoms with E-state index >= 15 is 0 Å². The van der Waals surface area contributed by atoms with Gasteiger partial charge in [-0.2, -0.15) is 0 Å². The smallest absolute Gasteiger partial charge is 0.306 e. The summed E-state index contributed by atoms with van der Waals surface area (Å²) in [6.45, 7) is 0.594. The van der Waals surface area contributed by atoms with Crippen LogP contribution in [0.1, 0.15) is 25.7 Å². The Kier molecular flexibility index (Phi) is 3.53. The summed E-state index contributed by atoms with van der Waals surface area (Å²) in [7, 11) is 1.63. The Hall–Kier alpha value is -0.570. The van der Waals surface area contributed by atoms with Crippen molar-refractivity contribution < 1.29 is 14.6 Å². The van der Waals surface area contributed by atoms with Gasteiger partial charge >= 0.3 is 5.97 Å². The Morgan fingerprint density at radius 1 is 1.50 bits per heavy atom. The Morgan fingerprint density at radius 3 is 2.75 bits per heavy atom. The Balaban J connectivity index is 2.48. The highest BCUT2D eigenvalue weighted by atomic mass is 16.5. The monoisotopic (exact) mass is 172 g/mol. The molecule has 12 heavy (non-hydrogen) atoms. The maximum absolute atomic E-state index is 10.8. The van der Waals surface area contributed by atoms with Gasteiger partial charge in [0.2, 0.25) is 0 Å². The number of methoxy groups -OCH3 is 1. The molecule has 1 rings (SSSR count). The van der Waals surface area contributed by atoms with Crippen LogP contribution < -0.4 is 0 Å². The van der Waals surface area contributed by atoms with Crippen LogP contribution in [0, 0.1) is 11.8 Å². The molecular formula is C9H16O3. The minimum Gasteiger partial charge on any atom is -0.481 e. The minimum absolute atomic E-state index is 0.168. The molecule has 1 fully saturated rings. The fourth-order valence-electron chi connectivity index (χ4n) is 1.95. The number of rotatable bonds is 3. The van der Waals surface area contributed by atoms with Crippen molar-refractivity contribution in [1.82, 2.24) is 0 Å². The van der Waals surface area contributed by atoms with E-state index in [1.807, 2.05) is 0 Å². The largest absolute Gasteiger partial charge is 0.481 e. The fourth-order valence-corrected chi connectivity index (χ4v) is 1.95. The molecule has 70 valence electrons. The molecule has 0 aromatic rings. The van der Waals surface area contributed by atoms with Crippen LogP contribution >= 0.6 is 0 Å². The van der Waals surface area contributed by atoms with E-state index in [9.17, 15) is 4.79 Å². The van der Waals surface area contributed by atoms with Crippen molar-refractivity contribution in [2.24, 2.45) is 11.8 Å². The number of carboxylic acid groups (broad SMARTS) is 1. The number of carboxylic acids is 1. The van der Waals surface area contributed by atoms with Gasteiger partial charge in [0, 0.05) is 13.7 Å². The van der Waals surface area contributed by atoms with E-state index < -0.39 is 5.97 Å². The molecule has 1 N–H and O–H groups in total. The van der Waals surface area contributed by atoms with Gasteiger partial charge in [-0.15, -0.1) is 0 Å². The average molecular weight is 172 g/mol. The second-order valence-electron chi connectivity index (χ2n) is 3.44. The molecular weight excluding hydrogens is 156 g/mol. The Morgan fingerprint density at radius 2 is 2.17 bits per heavy atom. The van der Waals surface area contributed by atoms with E-state index in [-0.39, 0.29) is 11.8 Å². The molecule has 0 spiro atoms. The zero-order valence-electron chi connectivity index (χ0n) is 7.45. The Bertz CT molecular complexity index is 154. The van der Waals surface area contributed by atoms with E-state index in [4.69, 9.17) is 9.84 Å². The minimum atomic E-state index is -0.656. The van der Waals surface area contributed by atoms with Gasteiger partial charge in [-0.05, 0) is 18.8 Å². The first kappa shape index (κ1) is 9.52. The fraction of sp³-hybridized carbons (Fsp3) is 0.889. The number of hydrogen-bond donors (Lipinski definition) is 1. The van der Waals surface area contributed by atoms with E-state index in [0.717, 1.165) is 25.7 Å². The normalized spacial score (nSPS) is 30.1. The van der Waals surface area contributed by atoms with Crippen LogP contribution in [0.15, 0.2) is 0 Å². The van der Waals surface area contributed by atoms with Crippen molar-refractivity contribution in [2.75, 3.05) is 13.7 Å². The van der Waals surface area contributed by atoms with E-state index in [2.05, 4.69) is 0 Å². The van der Waals surface area contributed by atoms with Crippen molar-refractivity contribution in [3.05, 3.63) is 0 Å². The molecule has 2 atom stereocenters. The maximum Gasteiger partial charge on any atom is 0.306 e. The van der Waals surface area contributed by atoms with Gasteiger partial charge < -0.3 is 9.84 Å². The van der Waals surface area contributed by atoms with Crippen molar-refractivity contribution >= 4 is 5.97 Å². The SMILES string of the molecule is COC[C@H]1CCCC[C@H]1C(=O)O. The highest BCUT2D eigenvalue weighted by molar-refractivity contribution is 5.70. The molecule has 1 aliphatic rings. The van der Waals surface area contributed by atoms with Crippen molar-refractivity contribution in [1.29, 1.82) is 0 Å². The van der Waals surface area contributed by atoms with Gasteiger partial charge in [-0.1, -0.05) is 12.8 Å². The summed E-state index contributed by atoms with van der Waals surface area (Å²) in [5.74, 6) is -0.586. The molecule has 0 amide bonds. The molecule has 0 bridgehead atoms. The lowest BCUT2D eigenvalue weighted by Crippen LogP contribution is -2.29. The molecule has 0 aromatic heterocycles. The predicted molar refractivity (Wildman–Crippen MR) is 45.0 cm³/mol. The summed E-state index contributed by atoms with van der Waals surface area (Å²) in [6.07, 6.45) is 4.03. The van der Waals surface area contributed by atoms with Gasteiger partial charge in [-0.25, -0.2) is 0 Å². The van der Waals surface area contributed by atoms with Gasteiger partial charge in [0.1, 0.15) is 0 Å². The summed E-state index contributed by atoms with van der Waals surface area (Å²) >= 11 is 0. The first-order chi connectivity index (χ1) is 5.75. The quantitative estimate of drug-likeness (QED) is 0.702. The summed E-state index contributed by atoms with van der Waals surface area (Å²) < 4.78 is 5.00. The van der Waals surface area contributed by atoms with Crippen LogP contribution in [0.25, 0.3) is 0 Å². The van der Waals surface area contributed by atoms with Gasteiger partial charge in [0.25, 0.3) is 0 Å². The molecule has 0 radical (unpaired) electrons. The topological polar surface area (TPSA) is 46.5 Å². The highest BCUT2D eigenvalue weighted by Crippen LogP contribution is 2.30. The predicted octanol–water partition coefficient (Wildman–Crippen LogP) is 1.52. The van der Waals surface area contributed by atoms with Crippen LogP contribution in [0.2, 0.25) is 0 Å². The molecule has 1 aliphatic carbocycles. The third-order valence-corrected chi connectivity index (χ3v) is 2.61. The van der Waals surface area contributed by atoms with E-state index in [1.165, 1.54) is 0 Å². The van der Waals surface area contributed by atoms with Crippen LogP contribution in [-0.2, 0) is 9.53 Å². The van der Waals surface area contributed by atoms with E-state index in [1.54, 1.807) is 7.11 Å². The van der Waals surface area contributed by atoms with Crippen molar-refractivity contribution in [3.8, 4) is 0 Å². The van der Waals surface area contributed by atoms with Crippen LogP contribution in [0.3, 0.4) is 0 Å². The highest BCUT2D eigenvalue weighted by Gasteiger charge is 2.30. The second-order valence-corrected chi connectivity index (χ2v) is 3.44. The lowest BCUT2D eigenvalue weighted by Gasteiger charge is -2.27. The summed E-state index contributed by atoms with van der Waals surface area (Å²) in [5, 5.41) is 8.88. The third kappa shape index (κ3) is 2.21. The van der Waals surface area contributed by atoms with Crippen LogP contribution in [0.5, 0.6) is 0 Å². The summed E-state index contributed by atoms with van der Waals surface area (Å²) in [6, 6.07) is 0. The number of carbonyl (C=O) groups is 1. The Labute approximate surface area is 72.7 Å². The van der Waals surface area contributed by atoms with E-state index in [0.29, 0.717) is 6.61 Å². The molecule has 3 nitrogen and oxygen atoms in total. The summed E-state index contributed by atoms with van der Waals surface area (Å²) in [5.41, 5.74) is 0. The lowest BCUT2D eigenvalue weighted by atomic mass is 9.80. The average Bonchev–Trinajstić information content (AvgIpc) is 2.05. The van der Waals surface area contributed by atoms with Gasteiger partial charge in [0.05, 0.1) is 5.92 Å². The number of ether oxygens (including phenoxy) is 1. The molecule has 0 heterocycles.